The van der Waals surface area contributed by atoms with E-state index in [1.165, 1.54) is 44.1 Å². The first-order chi connectivity index (χ1) is 24.3. The van der Waals surface area contributed by atoms with Crippen LogP contribution in [0.25, 0.3) is 55.2 Å². The number of rotatable bonds is 6. The van der Waals surface area contributed by atoms with Crippen molar-refractivity contribution in [1.82, 2.24) is 19.1 Å². The van der Waals surface area contributed by atoms with Crippen LogP contribution in [0.1, 0.15) is 64.8 Å². The van der Waals surface area contributed by atoms with Gasteiger partial charge in [0, 0.05) is 45.4 Å². The van der Waals surface area contributed by atoms with Crippen LogP contribution in [-0.4, -0.2) is 19.1 Å². The lowest BCUT2D eigenvalue weighted by atomic mass is 9.74. The molecule has 0 unspecified atom stereocenters. The summed E-state index contributed by atoms with van der Waals surface area (Å²) in [5, 5.41) is 2.35. The van der Waals surface area contributed by atoms with E-state index in [1.54, 1.807) is 0 Å². The minimum absolute atomic E-state index is 0. The highest BCUT2D eigenvalue weighted by atomic mass is 15.0. The van der Waals surface area contributed by atoms with Crippen molar-refractivity contribution in [2.24, 2.45) is 0 Å². The summed E-state index contributed by atoms with van der Waals surface area (Å²) >= 11 is 0. The van der Waals surface area contributed by atoms with Crippen LogP contribution in [0, 0.1) is 0 Å². The lowest BCUT2D eigenvalue weighted by Crippen LogP contribution is -2.21. The third-order valence-electron chi connectivity index (χ3n) is 10.9. The average molecular weight is 679 g/mol. The maximum atomic E-state index is 4.71. The first-order valence-electron chi connectivity index (χ1n) is 17.3. The van der Waals surface area contributed by atoms with Crippen molar-refractivity contribution < 1.29 is 0 Å². The summed E-state index contributed by atoms with van der Waals surface area (Å²) in [5.41, 5.74) is 13.8. The lowest BCUT2D eigenvalue weighted by molar-refractivity contribution is 0.626. The molecule has 0 aliphatic carbocycles. The van der Waals surface area contributed by atoms with Gasteiger partial charge in [-0.15, -0.1) is 0 Å². The fourth-order valence-electron chi connectivity index (χ4n) is 7.81. The van der Waals surface area contributed by atoms with Crippen LogP contribution in [0.3, 0.4) is 0 Å². The van der Waals surface area contributed by atoms with Crippen LogP contribution in [0.15, 0.2) is 158 Å². The van der Waals surface area contributed by atoms with Crippen molar-refractivity contribution in [2.75, 3.05) is 0 Å². The number of pyridine rings is 2. The first-order valence-corrected chi connectivity index (χ1v) is 17.3. The molecule has 258 valence electrons. The quantitative estimate of drug-likeness (QED) is 0.175. The molecule has 9 aromatic rings. The molecule has 4 aromatic heterocycles. The Morgan fingerprint density at radius 2 is 0.673 bits per heavy atom. The standard InChI is InChI=1S/C46H38N4.2CH4/c1-45(2,33-21-25-35(26-22-33)49-39-13-7-5-11-37(39)43-41(49)15-9-29-47-43)31-17-19-32(20-18-31)46(3,4)34-23-27-36(28-24-34)50-40-14-8-6-12-38(40)44-42(50)16-10-30-48-44;;/h5-30H,1-4H3;2*1H4. The van der Waals surface area contributed by atoms with Gasteiger partial charge in [-0.1, -0.05) is 127 Å². The molecule has 0 aliphatic heterocycles. The molecule has 5 aromatic carbocycles. The average Bonchev–Trinajstić information content (AvgIpc) is 3.68. The summed E-state index contributed by atoms with van der Waals surface area (Å²) < 4.78 is 4.63. The number of aromatic nitrogens is 4. The zero-order chi connectivity index (χ0) is 34.0. The van der Waals surface area contributed by atoms with Gasteiger partial charge in [0.15, 0.2) is 0 Å². The van der Waals surface area contributed by atoms with E-state index in [9.17, 15) is 0 Å². The molecule has 0 atom stereocenters. The van der Waals surface area contributed by atoms with E-state index in [2.05, 4.69) is 170 Å². The number of hydrogen-bond donors (Lipinski definition) is 0. The second-order valence-corrected chi connectivity index (χ2v) is 14.4. The molecule has 4 nitrogen and oxygen atoms in total. The lowest BCUT2D eigenvalue weighted by Gasteiger charge is -2.30. The van der Waals surface area contributed by atoms with Crippen LogP contribution < -0.4 is 0 Å². The maximum Gasteiger partial charge on any atom is 0.0963 e. The molecule has 4 heteroatoms. The number of hydrogen-bond acceptors (Lipinski definition) is 2. The second-order valence-electron chi connectivity index (χ2n) is 14.4. The Kier molecular flexibility index (Phi) is 8.58. The van der Waals surface area contributed by atoms with Crippen LogP contribution >= 0.6 is 0 Å². The van der Waals surface area contributed by atoms with Crippen molar-refractivity contribution in [3.63, 3.8) is 0 Å². The number of nitrogens with zero attached hydrogens (tertiary/aromatic N) is 4. The van der Waals surface area contributed by atoms with Gasteiger partial charge in [0.25, 0.3) is 0 Å². The predicted molar refractivity (Wildman–Crippen MR) is 221 cm³/mol. The van der Waals surface area contributed by atoms with E-state index in [0.717, 1.165) is 33.4 Å². The fourth-order valence-corrected chi connectivity index (χ4v) is 7.81. The monoisotopic (exact) mass is 678 g/mol. The van der Waals surface area contributed by atoms with Crippen molar-refractivity contribution in [3.8, 4) is 11.4 Å². The van der Waals surface area contributed by atoms with E-state index < -0.39 is 0 Å². The van der Waals surface area contributed by atoms with Gasteiger partial charge < -0.3 is 9.13 Å². The minimum atomic E-state index is -0.164. The maximum absolute atomic E-state index is 4.71. The summed E-state index contributed by atoms with van der Waals surface area (Å²) in [5.74, 6) is 0. The fraction of sp³-hybridized carbons (Fsp3) is 0.167. The third-order valence-corrected chi connectivity index (χ3v) is 10.9. The Bertz CT molecular complexity index is 2380. The van der Waals surface area contributed by atoms with E-state index >= 15 is 0 Å². The highest BCUT2D eigenvalue weighted by Crippen LogP contribution is 2.38. The predicted octanol–water partition coefficient (Wildman–Crippen LogP) is 12.6. The van der Waals surface area contributed by atoms with Crippen LogP contribution in [0.2, 0.25) is 0 Å². The van der Waals surface area contributed by atoms with Gasteiger partial charge in [-0.3, -0.25) is 9.97 Å². The largest absolute Gasteiger partial charge is 0.308 e. The molecule has 0 bridgehead atoms. The van der Waals surface area contributed by atoms with Crippen molar-refractivity contribution in [1.29, 1.82) is 0 Å². The Labute approximate surface area is 307 Å². The molecule has 52 heavy (non-hydrogen) atoms. The Morgan fingerprint density at radius 1 is 0.365 bits per heavy atom. The SMILES string of the molecule is C.C.CC(C)(c1ccc(-n2c3ccccc3c3ncccc32)cc1)c1ccc(C(C)(C)c2ccc(-n3c4ccccc4c4ncccc43)cc2)cc1. The Morgan fingerprint density at radius 3 is 1.04 bits per heavy atom. The topological polar surface area (TPSA) is 35.6 Å². The number of benzene rings is 5. The van der Waals surface area contributed by atoms with Crippen molar-refractivity contribution in [2.45, 2.75) is 53.4 Å². The van der Waals surface area contributed by atoms with E-state index in [0.29, 0.717) is 0 Å². The molecule has 0 spiro atoms. The van der Waals surface area contributed by atoms with Gasteiger partial charge in [0.05, 0.1) is 33.1 Å². The third kappa shape index (κ3) is 5.29. The van der Waals surface area contributed by atoms with Gasteiger partial charge in [-0.25, -0.2) is 0 Å². The van der Waals surface area contributed by atoms with E-state index in [4.69, 9.17) is 9.97 Å². The van der Waals surface area contributed by atoms with E-state index in [-0.39, 0.29) is 25.7 Å². The summed E-state index contributed by atoms with van der Waals surface area (Å²) in [7, 11) is 0. The van der Waals surface area contributed by atoms with Gasteiger partial charge in [0.2, 0.25) is 0 Å². The summed E-state index contributed by atoms with van der Waals surface area (Å²) in [6, 6.07) is 52.7. The molecular weight excluding hydrogens is 633 g/mol. The number of para-hydroxylation sites is 2. The minimum Gasteiger partial charge on any atom is -0.308 e. The molecule has 4 heterocycles. The highest BCUT2D eigenvalue weighted by molar-refractivity contribution is 6.07. The molecule has 0 amide bonds. The van der Waals surface area contributed by atoms with Gasteiger partial charge in [0.1, 0.15) is 0 Å². The molecule has 0 N–H and O–H groups in total. The summed E-state index contributed by atoms with van der Waals surface area (Å²) in [6.07, 6.45) is 3.75. The van der Waals surface area contributed by atoms with E-state index in [1.807, 2.05) is 24.5 Å². The Balaban J connectivity index is 0.00000210. The van der Waals surface area contributed by atoms with Crippen LogP contribution in [-0.2, 0) is 10.8 Å². The molecule has 0 saturated heterocycles. The van der Waals surface area contributed by atoms with Gasteiger partial charge in [-0.2, -0.15) is 0 Å². The smallest absolute Gasteiger partial charge is 0.0963 e. The molecular formula is C48H46N4. The van der Waals surface area contributed by atoms with Crippen LogP contribution in [0.5, 0.6) is 0 Å². The van der Waals surface area contributed by atoms with Gasteiger partial charge >= 0.3 is 0 Å². The molecule has 9 rings (SSSR count). The summed E-state index contributed by atoms with van der Waals surface area (Å²) in [4.78, 5) is 9.41. The molecule has 0 fully saturated rings. The normalized spacial score (nSPS) is 11.9. The second kappa shape index (κ2) is 13.0. The zero-order valence-corrected chi connectivity index (χ0v) is 28.8. The zero-order valence-electron chi connectivity index (χ0n) is 28.8. The molecule has 0 aliphatic rings. The van der Waals surface area contributed by atoms with Crippen LogP contribution in [0.4, 0.5) is 0 Å². The first kappa shape index (κ1) is 34.4. The van der Waals surface area contributed by atoms with Gasteiger partial charge in [-0.05, 0) is 82.9 Å². The summed E-state index contributed by atoms with van der Waals surface area (Å²) in [6.45, 7) is 9.26. The molecule has 0 radical (unpaired) electrons. The highest BCUT2D eigenvalue weighted by Gasteiger charge is 2.27. The van der Waals surface area contributed by atoms with Crippen molar-refractivity contribution >= 4 is 43.9 Å². The molecule has 0 saturated carbocycles. The van der Waals surface area contributed by atoms with Crippen molar-refractivity contribution in [3.05, 3.63) is 180 Å². The number of fused-ring (bicyclic) bond motifs is 6. The Hall–Kier alpha value is -6.00.